The Bertz CT molecular complexity index is 1110. The lowest BCUT2D eigenvalue weighted by molar-refractivity contribution is -0.147. The number of H-pyrrole nitrogens is 1. The van der Waals surface area contributed by atoms with Crippen LogP contribution in [0.1, 0.15) is 78.1 Å². The summed E-state index contributed by atoms with van der Waals surface area (Å²) in [5.41, 5.74) is 5.13. The van der Waals surface area contributed by atoms with Gasteiger partial charge in [0.05, 0.1) is 24.0 Å². The zero-order chi connectivity index (χ0) is 26.8. The van der Waals surface area contributed by atoms with Crippen LogP contribution in [0.15, 0.2) is 58.7 Å². The molecule has 2 heterocycles. The summed E-state index contributed by atoms with van der Waals surface area (Å²) in [5, 5.41) is 7.67. The SMILES string of the molecule is C/C=C1/CN(c2ccc(F)cc2)C(CCCCC(=O)OC(C)C)=N/C1=C/Cc1cc(CC(C)CC)[nH]n1. The van der Waals surface area contributed by atoms with E-state index in [0.29, 0.717) is 31.7 Å². The van der Waals surface area contributed by atoms with Crippen molar-refractivity contribution in [1.82, 2.24) is 10.2 Å². The lowest BCUT2D eigenvalue weighted by Crippen LogP contribution is -2.36. The van der Waals surface area contributed by atoms with Crippen molar-refractivity contribution in [3.8, 4) is 0 Å². The van der Waals surface area contributed by atoms with E-state index in [1.165, 1.54) is 17.8 Å². The number of benzene rings is 1. The van der Waals surface area contributed by atoms with Crippen LogP contribution in [-0.4, -0.2) is 34.7 Å². The third-order valence-electron chi connectivity index (χ3n) is 6.56. The Morgan fingerprint density at radius 3 is 2.65 bits per heavy atom. The number of allylic oxidation sites excluding steroid dienone is 2. The fraction of sp³-hybridized carbons (Fsp3) is 0.500. The van der Waals surface area contributed by atoms with Gasteiger partial charge in [-0.05, 0) is 81.9 Å². The fourth-order valence-corrected chi connectivity index (χ4v) is 4.30. The van der Waals surface area contributed by atoms with E-state index in [1.54, 1.807) is 12.1 Å². The number of nitrogens with one attached hydrogen (secondary N) is 1. The highest BCUT2D eigenvalue weighted by molar-refractivity contribution is 6.00. The zero-order valence-electron chi connectivity index (χ0n) is 22.9. The smallest absolute Gasteiger partial charge is 0.306 e. The molecule has 0 saturated carbocycles. The van der Waals surface area contributed by atoms with Crippen molar-refractivity contribution in [2.45, 2.75) is 85.7 Å². The summed E-state index contributed by atoms with van der Waals surface area (Å²) in [6, 6.07) is 8.67. The van der Waals surface area contributed by atoms with Crippen LogP contribution in [0.4, 0.5) is 10.1 Å². The molecule has 2 aromatic rings. The van der Waals surface area contributed by atoms with Gasteiger partial charge in [-0.25, -0.2) is 9.38 Å². The minimum atomic E-state index is -0.263. The molecule has 1 atom stereocenters. The van der Waals surface area contributed by atoms with Crippen LogP contribution in [-0.2, 0) is 22.4 Å². The number of carbonyl (C=O) groups excluding carboxylic acids is 1. The number of carbonyl (C=O) groups is 1. The van der Waals surface area contributed by atoms with Crippen molar-refractivity contribution < 1.29 is 13.9 Å². The van der Waals surface area contributed by atoms with Gasteiger partial charge in [0.2, 0.25) is 0 Å². The normalized spacial score (nSPS) is 16.9. The van der Waals surface area contributed by atoms with Crippen molar-refractivity contribution in [2.24, 2.45) is 10.9 Å². The van der Waals surface area contributed by atoms with E-state index >= 15 is 0 Å². The molecule has 37 heavy (non-hydrogen) atoms. The second-order valence-electron chi connectivity index (χ2n) is 10.0. The van der Waals surface area contributed by atoms with Gasteiger partial charge in [-0.2, -0.15) is 5.10 Å². The Hall–Kier alpha value is -3.22. The first-order chi connectivity index (χ1) is 17.8. The topological polar surface area (TPSA) is 70.6 Å². The number of aromatic nitrogens is 2. The monoisotopic (exact) mass is 508 g/mol. The van der Waals surface area contributed by atoms with E-state index in [1.807, 2.05) is 20.8 Å². The molecule has 1 aromatic heterocycles. The van der Waals surface area contributed by atoms with Crippen LogP contribution in [0.5, 0.6) is 0 Å². The van der Waals surface area contributed by atoms with Gasteiger partial charge < -0.3 is 9.64 Å². The molecule has 1 aliphatic rings. The average molecular weight is 509 g/mol. The Labute approximate surface area is 220 Å². The molecular formula is C30H41FN4O2. The van der Waals surface area contributed by atoms with Crippen LogP contribution in [0.25, 0.3) is 0 Å². The second kappa shape index (κ2) is 13.9. The van der Waals surface area contributed by atoms with Gasteiger partial charge in [0.15, 0.2) is 0 Å². The number of halogens is 1. The maximum Gasteiger partial charge on any atom is 0.306 e. The number of amidine groups is 1. The number of esters is 1. The number of aromatic amines is 1. The van der Waals surface area contributed by atoms with Crippen molar-refractivity contribution in [3.63, 3.8) is 0 Å². The number of hydrogen-bond acceptors (Lipinski definition) is 5. The van der Waals surface area contributed by atoms with Crippen molar-refractivity contribution in [1.29, 1.82) is 0 Å². The zero-order valence-corrected chi connectivity index (χ0v) is 22.9. The van der Waals surface area contributed by atoms with Crippen LogP contribution >= 0.6 is 0 Å². The van der Waals surface area contributed by atoms with Gasteiger partial charge in [0.25, 0.3) is 0 Å². The summed E-state index contributed by atoms with van der Waals surface area (Å²) in [6.45, 7) is 10.8. The van der Waals surface area contributed by atoms with Crippen LogP contribution in [0.3, 0.4) is 0 Å². The summed E-state index contributed by atoms with van der Waals surface area (Å²) < 4.78 is 18.9. The molecule has 0 aliphatic carbocycles. The average Bonchev–Trinajstić information content (AvgIpc) is 3.32. The number of unbranched alkanes of at least 4 members (excludes halogenated alkanes) is 1. The number of rotatable bonds is 12. The molecule has 0 bridgehead atoms. The quantitative estimate of drug-likeness (QED) is 0.249. The van der Waals surface area contributed by atoms with Gasteiger partial charge in [0.1, 0.15) is 11.7 Å². The second-order valence-corrected chi connectivity index (χ2v) is 10.0. The Balaban J connectivity index is 1.77. The van der Waals surface area contributed by atoms with E-state index in [4.69, 9.17) is 9.73 Å². The molecule has 1 N–H and O–H groups in total. The molecule has 1 aromatic carbocycles. The lowest BCUT2D eigenvalue weighted by atomic mass is 10.0. The Kier molecular flexibility index (Phi) is 10.7. The molecule has 6 nitrogen and oxygen atoms in total. The van der Waals surface area contributed by atoms with Gasteiger partial charge in [-0.3, -0.25) is 9.89 Å². The molecule has 1 aliphatic heterocycles. The third-order valence-corrected chi connectivity index (χ3v) is 6.56. The predicted octanol–water partition coefficient (Wildman–Crippen LogP) is 6.94. The summed E-state index contributed by atoms with van der Waals surface area (Å²) in [7, 11) is 0. The highest BCUT2D eigenvalue weighted by Gasteiger charge is 2.23. The van der Waals surface area contributed by atoms with Crippen molar-refractivity contribution >= 4 is 17.5 Å². The molecule has 0 fully saturated rings. The van der Waals surface area contributed by atoms with E-state index in [2.05, 4.69) is 47.2 Å². The van der Waals surface area contributed by atoms with E-state index < -0.39 is 0 Å². The molecular weight excluding hydrogens is 467 g/mol. The maximum absolute atomic E-state index is 13.6. The lowest BCUT2D eigenvalue weighted by Gasteiger charge is -2.32. The summed E-state index contributed by atoms with van der Waals surface area (Å²) in [5.74, 6) is 1.11. The summed E-state index contributed by atoms with van der Waals surface area (Å²) in [4.78, 5) is 19.1. The first kappa shape index (κ1) is 28.4. The number of nitrogens with zero attached hydrogens (tertiary/aromatic N) is 3. The molecule has 1 unspecified atom stereocenters. The highest BCUT2D eigenvalue weighted by Crippen LogP contribution is 2.28. The minimum absolute atomic E-state index is 0.100. The molecule has 0 amide bonds. The van der Waals surface area contributed by atoms with E-state index in [0.717, 1.165) is 54.2 Å². The number of aliphatic imine (C=N–C) groups is 1. The Morgan fingerprint density at radius 2 is 1.97 bits per heavy atom. The number of ether oxygens (including phenoxy) is 1. The van der Waals surface area contributed by atoms with Crippen LogP contribution in [0, 0.1) is 11.7 Å². The minimum Gasteiger partial charge on any atom is -0.463 e. The third kappa shape index (κ3) is 8.69. The first-order valence-electron chi connectivity index (χ1n) is 13.5. The van der Waals surface area contributed by atoms with Gasteiger partial charge in [-0.1, -0.05) is 32.4 Å². The maximum atomic E-state index is 13.6. The molecule has 0 radical (unpaired) electrons. The van der Waals surface area contributed by atoms with E-state index in [9.17, 15) is 9.18 Å². The number of anilines is 1. The molecule has 200 valence electrons. The van der Waals surface area contributed by atoms with Crippen LogP contribution in [0.2, 0.25) is 0 Å². The summed E-state index contributed by atoms with van der Waals surface area (Å²) >= 11 is 0. The van der Waals surface area contributed by atoms with Crippen molar-refractivity contribution in [2.75, 3.05) is 11.4 Å². The first-order valence-corrected chi connectivity index (χ1v) is 13.5. The van der Waals surface area contributed by atoms with Gasteiger partial charge in [0, 0.05) is 30.6 Å². The van der Waals surface area contributed by atoms with Crippen molar-refractivity contribution in [3.05, 3.63) is 71.0 Å². The van der Waals surface area contributed by atoms with Crippen LogP contribution < -0.4 is 4.90 Å². The Morgan fingerprint density at radius 1 is 1.22 bits per heavy atom. The largest absolute Gasteiger partial charge is 0.463 e. The fourth-order valence-electron chi connectivity index (χ4n) is 4.30. The molecule has 0 spiro atoms. The van der Waals surface area contributed by atoms with E-state index in [-0.39, 0.29) is 17.9 Å². The molecule has 0 saturated heterocycles. The number of hydrogen-bond donors (Lipinski definition) is 1. The standard InChI is InChI=1S/C30H41FN4O2/c1-6-22(5)18-26-19-25(33-34-26)14-17-28-23(7-2)20-35(27-15-12-24(31)13-16-27)29(32-28)10-8-9-11-30(36)37-21(3)4/h7,12-13,15-17,19,21-22H,6,8-11,14,18,20H2,1-5H3,(H,33,34)/b23-7-,28-17+. The molecule has 3 rings (SSSR count). The molecule has 7 heteroatoms. The predicted molar refractivity (Wildman–Crippen MR) is 148 cm³/mol. The van der Waals surface area contributed by atoms with Gasteiger partial charge >= 0.3 is 5.97 Å². The summed E-state index contributed by atoms with van der Waals surface area (Å²) in [6.07, 6.45) is 9.60. The highest BCUT2D eigenvalue weighted by atomic mass is 19.1. The van der Waals surface area contributed by atoms with Gasteiger partial charge in [-0.15, -0.1) is 0 Å².